The molecule has 1 aliphatic heterocycles. The predicted molar refractivity (Wildman–Crippen MR) is 87.5 cm³/mol. The van der Waals surface area contributed by atoms with E-state index in [2.05, 4.69) is 22.1 Å². The van der Waals surface area contributed by atoms with Gasteiger partial charge >= 0.3 is 0 Å². The van der Waals surface area contributed by atoms with Crippen LogP contribution in [0.15, 0.2) is 4.99 Å². The normalized spacial score (nSPS) is 28.5. The molecular weight excluding hydrogens is 264 g/mol. The van der Waals surface area contributed by atoms with Gasteiger partial charge in [0.25, 0.3) is 0 Å². The average molecular weight is 296 g/mol. The number of hydrogen-bond acceptors (Lipinski definition) is 3. The Kier molecular flexibility index (Phi) is 7.30. The molecule has 5 heteroatoms. The lowest BCUT2D eigenvalue weighted by Crippen LogP contribution is -2.39. The van der Waals surface area contributed by atoms with Crippen LogP contribution in [0.5, 0.6) is 0 Å². The maximum atomic E-state index is 5.95. The van der Waals surface area contributed by atoms with Gasteiger partial charge in [0.1, 0.15) is 0 Å². The average Bonchev–Trinajstić information content (AvgIpc) is 2.51. The third-order valence-corrected chi connectivity index (χ3v) is 4.63. The summed E-state index contributed by atoms with van der Waals surface area (Å²) in [6, 6.07) is 0. The maximum absolute atomic E-state index is 5.95. The summed E-state index contributed by atoms with van der Waals surface area (Å²) < 4.78 is 5.34. The minimum atomic E-state index is 0.621. The summed E-state index contributed by atoms with van der Waals surface area (Å²) in [5.41, 5.74) is 5.95. The molecule has 2 fully saturated rings. The Bertz CT molecular complexity index is 315. The second kappa shape index (κ2) is 9.26. The number of rotatable bonds is 6. The molecule has 1 saturated heterocycles. The first-order valence-electron chi connectivity index (χ1n) is 8.58. The molecule has 2 atom stereocenters. The molecule has 0 amide bonds. The molecule has 0 aromatic rings. The van der Waals surface area contributed by atoms with Gasteiger partial charge in [-0.05, 0) is 37.6 Å². The van der Waals surface area contributed by atoms with Crippen LogP contribution >= 0.6 is 0 Å². The number of nitrogens with two attached hydrogens (primary N) is 1. The molecule has 2 aliphatic rings. The van der Waals surface area contributed by atoms with Crippen LogP contribution in [0, 0.1) is 11.8 Å². The first kappa shape index (κ1) is 16.6. The Morgan fingerprint density at radius 3 is 2.90 bits per heavy atom. The SMILES string of the molecule is CC1CCCC(CN=C(N)NCCCN2CCOCC2)C1. The van der Waals surface area contributed by atoms with Gasteiger partial charge in [-0.1, -0.05) is 19.8 Å². The largest absolute Gasteiger partial charge is 0.379 e. The van der Waals surface area contributed by atoms with Crippen molar-refractivity contribution in [2.75, 3.05) is 45.9 Å². The molecule has 1 saturated carbocycles. The summed E-state index contributed by atoms with van der Waals surface area (Å²) >= 11 is 0. The van der Waals surface area contributed by atoms with Crippen LogP contribution in [0.1, 0.15) is 39.0 Å². The molecule has 0 spiro atoms. The highest BCUT2D eigenvalue weighted by Gasteiger charge is 2.18. The van der Waals surface area contributed by atoms with Crippen molar-refractivity contribution < 1.29 is 4.74 Å². The van der Waals surface area contributed by atoms with Gasteiger partial charge in [-0.15, -0.1) is 0 Å². The molecule has 0 aromatic carbocycles. The molecular formula is C16H32N4O. The number of nitrogens with one attached hydrogen (secondary N) is 1. The molecule has 0 radical (unpaired) electrons. The van der Waals surface area contributed by atoms with Crippen molar-refractivity contribution in [1.29, 1.82) is 0 Å². The number of ether oxygens (including phenoxy) is 1. The van der Waals surface area contributed by atoms with Crippen LogP contribution in [0.25, 0.3) is 0 Å². The van der Waals surface area contributed by atoms with E-state index in [1.54, 1.807) is 0 Å². The van der Waals surface area contributed by atoms with E-state index in [-0.39, 0.29) is 0 Å². The molecule has 122 valence electrons. The number of morpholine rings is 1. The van der Waals surface area contributed by atoms with Crippen LogP contribution in [0.2, 0.25) is 0 Å². The first-order valence-corrected chi connectivity index (χ1v) is 8.58. The van der Waals surface area contributed by atoms with Crippen LogP contribution < -0.4 is 11.1 Å². The fourth-order valence-corrected chi connectivity index (χ4v) is 3.35. The number of aliphatic imine (C=N–C) groups is 1. The third-order valence-electron chi connectivity index (χ3n) is 4.63. The van der Waals surface area contributed by atoms with Gasteiger partial charge in [-0.25, -0.2) is 0 Å². The maximum Gasteiger partial charge on any atom is 0.188 e. The van der Waals surface area contributed by atoms with E-state index in [0.717, 1.165) is 64.2 Å². The van der Waals surface area contributed by atoms with Gasteiger partial charge in [-0.2, -0.15) is 0 Å². The van der Waals surface area contributed by atoms with E-state index in [1.165, 1.54) is 25.7 Å². The van der Waals surface area contributed by atoms with Crippen LogP contribution in [-0.2, 0) is 4.74 Å². The number of hydrogen-bond donors (Lipinski definition) is 2. The predicted octanol–water partition coefficient (Wildman–Crippen LogP) is 1.44. The fraction of sp³-hybridized carbons (Fsp3) is 0.938. The quantitative estimate of drug-likeness (QED) is 0.442. The molecule has 2 unspecified atom stereocenters. The van der Waals surface area contributed by atoms with E-state index in [9.17, 15) is 0 Å². The van der Waals surface area contributed by atoms with E-state index in [1.807, 2.05) is 0 Å². The minimum Gasteiger partial charge on any atom is -0.379 e. The second-order valence-electron chi connectivity index (χ2n) is 6.60. The first-order chi connectivity index (χ1) is 10.2. The monoisotopic (exact) mass is 296 g/mol. The molecule has 3 N–H and O–H groups in total. The molecule has 2 rings (SSSR count). The molecule has 1 aliphatic carbocycles. The van der Waals surface area contributed by atoms with Crippen molar-refractivity contribution in [3.63, 3.8) is 0 Å². The molecule has 0 bridgehead atoms. The van der Waals surface area contributed by atoms with E-state index < -0.39 is 0 Å². The summed E-state index contributed by atoms with van der Waals surface area (Å²) in [5.74, 6) is 2.22. The Balaban J connectivity index is 1.53. The lowest BCUT2D eigenvalue weighted by molar-refractivity contribution is 0.0376. The summed E-state index contributed by atoms with van der Waals surface area (Å²) in [6.45, 7) is 9.13. The molecule has 21 heavy (non-hydrogen) atoms. The fourth-order valence-electron chi connectivity index (χ4n) is 3.35. The summed E-state index contributed by atoms with van der Waals surface area (Å²) in [5, 5.41) is 3.24. The van der Waals surface area contributed by atoms with Crippen LogP contribution in [0.4, 0.5) is 0 Å². The minimum absolute atomic E-state index is 0.621. The summed E-state index contributed by atoms with van der Waals surface area (Å²) in [6.07, 6.45) is 6.48. The highest BCUT2D eigenvalue weighted by atomic mass is 16.5. The lowest BCUT2D eigenvalue weighted by atomic mass is 9.82. The zero-order valence-corrected chi connectivity index (χ0v) is 13.5. The van der Waals surface area contributed by atoms with E-state index >= 15 is 0 Å². The standard InChI is InChI=1S/C16H32N4O/c1-14-4-2-5-15(12-14)13-19-16(17)18-6-3-7-20-8-10-21-11-9-20/h14-15H,2-13H2,1H3,(H3,17,18,19). The van der Waals surface area contributed by atoms with E-state index in [4.69, 9.17) is 10.5 Å². The summed E-state index contributed by atoms with van der Waals surface area (Å²) in [4.78, 5) is 6.96. The Hall–Kier alpha value is -0.810. The highest BCUT2D eigenvalue weighted by Crippen LogP contribution is 2.28. The van der Waals surface area contributed by atoms with Gasteiger partial charge in [-0.3, -0.25) is 9.89 Å². The third kappa shape index (κ3) is 6.66. The lowest BCUT2D eigenvalue weighted by Gasteiger charge is -2.26. The van der Waals surface area contributed by atoms with E-state index in [0.29, 0.717) is 5.96 Å². The topological polar surface area (TPSA) is 62.9 Å². The van der Waals surface area contributed by atoms with Gasteiger partial charge in [0.15, 0.2) is 5.96 Å². The highest BCUT2D eigenvalue weighted by molar-refractivity contribution is 5.77. The van der Waals surface area contributed by atoms with Crippen molar-refractivity contribution >= 4 is 5.96 Å². The Morgan fingerprint density at radius 1 is 1.33 bits per heavy atom. The molecule has 5 nitrogen and oxygen atoms in total. The van der Waals surface area contributed by atoms with Gasteiger partial charge in [0.2, 0.25) is 0 Å². The van der Waals surface area contributed by atoms with Crippen molar-refractivity contribution in [3.8, 4) is 0 Å². The van der Waals surface area contributed by atoms with Crippen LogP contribution in [-0.4, -0.2) is 56.8 Å². The van der Waals surface area contributed by atoms with Crippen LogP contribution in [0.3, 0.4) is 0 Å². The van der Waals surface area contributed by atoms with Gasteiger partial charge < -0.3 is 15.8 Å². The van der Waals surface area contributed by atoms with Crippen molar-refractivity contribution in [2.24, 2.45) is 22.6 Å². The number of guanidine groups is 1. The Labute approximate surface area is 129 Å². The zero-order valence-electron chi connectivity index (χ0n) is 13.5. The van der Waals surface area contributed by atoms with Gasteiger partial charge in [0.05, 0.1) is 13.2 Å². The van der Waals surface area contributed by atoms with Crippen molar-refractivity contribution in [2.45, 2.75) is 39.0 Å². The molecule has 0 aromatic heterocycles. The van der Waals surface area contributed by atoms with Crippen molar-refractivity contribution in [3.05, 3.63) is 0 Å². The Morgan fingerprint density at radius 2 is 2.14 bits per heavy atom. The molecule has 1 heterocycles. The second-order valence-corrected chi connectivity index (χ2v) is 6.60. The van der Waals surface area contributed by atoms with Gasteiger partial charge in [0, 0.05) is 26.2 Å². The zero-order chi connectivity index (χ0) is 14.9. The number of nitrogens with zero attached hydrogens (tertiary/aromatic N) is 2. The van der Waals surface area contributed by atoms with Crippen molar-refractivity contribution in [1.82, 2.24) is 10.2 Å². The summed E-state index contributed by atoms with van der Waals surface area (Å²) in [7, 11) is 0. The smallest absolute Gasteiger partial charge is 0.188 e.